The largest absolute Gasteiger partial charge is 0.482 e. The lowest BCUT2D eigenvalue weighted by molar-refractivity contribution is -0.153. The highest BCUT2D eigenvalue weighted by Crippen LogP contribution is 2.27. The molecule has 1 aromatic heterocycles. The summed E-state index contributed by atoms with van der Waals surface area (Å²) in [4.78, 5) is 15.6. The molecule has 0 spiro atoms. The van der Waals surface area contributed by atoms with Gasteiger partial charge in [-0.3, -0.25) is 9.69 Å². The quantitative estimate of drug-likeness (QED) is 0.873. The molecule has 0 fully saturated rings. The lowest BCUT2D eigenvalue weighted by Crippen LogP contribution is -2.36. The molecule has 0 radical (unpaired) electrons. The molecule has 4 nitrogen and oxygen atoms in total. The van der Waals surface area contributed by atoms with Gasteiger partial charge in [-0.2, -0.15) is 13.2 Å². The van der Waals surface area contributed by atoms with Crippen LogP contribution in [-0.4, -0.2) is 36.7 Å². The van der Waals surface area contributed by atoms with Gasteiger partial charge in [-0.05, 0) is 35.6 Å². The molecule has 1 aliphatic rings. The van der Waals surface area contributed by atoms with E-state index in [1.165, 1.54) is 22.6 Å². The number of para-hydroxylation sites is 2. The number of benzene rings is 1. The molecular weight excluding hydrogens is 353 g/mol. The number of ether oxygens (including phenoxy) is 1. The van der Waals surface area contributed by atoms with Crippen LogP contribution in [-0.2, 0) is 17.8 Å². The van der Waals surface area contributed by atoms with E-state index in [0.717, 1.165) is 13.0 Å². The number of amides is 1. The summed E-state index contributed by atoms with van der Waals surface area (Å²) in [6, 6.07) is 8.18. The minimum absolute atomic E-state index is 0.00643. The fourth-order valence-corrected chi connectivity index (χ4v) is 3.58. The van der Waals surface area contributed by atoms with Crippen molar-refractivity contribution in [3.05, 3.63) is 46.2 Å². The van der Waals surface area contributed by atoms with E-state index in [-0.39, 0.29) is 23.9 Å². The predicted octanol–water partition coefficient (Wildman–Crippen LogP) is 3.69. The van der Waals surface area contributed by atoms with Gasteiger partial charge < -0.3 is 10.1 Å². The van der Waals surface area contributed by atoms with Gasteiger partial charge in [0.15, 0.2) is 6.61 Å². The number of hydrogen-bond donors (Lipinski definition) is 1. The molecule has 134 valence electrons. The van der Waals surface area contributed by atoms with Crippen LogP contribution in [0, 0.1) is 0 Å². The van der Waals surface area contributed by atoms with Gasteiger partial charge in [0.05, 0.1) is 12.2 Å². The van der Waals surface area contributed by atoms with Crippen molar-refractivity contribution in [1.29, 1.82) is 0 Å². The number of thiophene rings is 1. The summed E-state index contributed by atoms with van der Waals surface area (Å²) in [5.41, 5.74) is 1.47. The Labute approximate surface area is 147 Å². The smallest absolute Gasteiger partial charge is 0.422 e. The zero-order valence-corrected chi connectivity index (χ0v) is 14.1. The average Bonchev–Trinajstić information content (AvgIpc) is 3.01. The molecule has 1 N–H and O–H groups in total. The topological polar surface area (TPSA) is 41.6 Å². The third-order valence-electron chi connectivity index (χ3n) is 3.81. The first-order valence-corrected chi connectivity index (χ1v) is 8.65. The van der Waals surface area contributed by atoms with Gasteiger partial charge in [-0.1, -0.05) is 12.1 Å². The highest BCUT2D eigenvalue weighted by molar-refractivity contribution is 7.10. The van der Waals surface area contributed by atoms with E-state index in [2.05, 4.69) is 11.4 Å². The van der Waals surface area contributed by atoms with E-state index >= 15 is 0 Å². The Kier molecular flexibility index (Phi) is 5.29. The van der Waals surface area contributed by atoms with E-state index in [4.69, 9.17) is 4.74 Å². The second-order valence-electron chi connectivity index (χ2n) is 5.78. The molecule has 0 atom stereocenters. The molecule has 0 aliphatic carbocycles. The van der Waals surface area contributed by atoms with Gasteiger partial charge in [-0.25, -0.2) is 0 Å². The van der Waals surface area contributed by atoms with Gasteiger partial charge in [-0.15, -0.1) is 11.3 Å². The molecule has 8 heteroatoms. The van der Waals surface area contributed by atoms with Crippen LogP contribution in [0.5, 0.6) is 5.75 Å². The molecule has 2 aromatic rings. The highest BCUT2D eigenvalue weighted by atomic mass is 32.1. The number of nitrogens with zero attached hydrogens (tertiary/aromatic N) is 1. The summed E-state index contributed by atoms with van der Waals surface area (Å²) in [5, 5.41) is 4.69. The fraction of sp³-hybridized carbons (Fsp3) is 0.353. The Morgan fingerprint density at radius 2 is 2.08 bits per heavy atom. The monoisotopic (exact) mass is 370 g/mol. The molecule has 0 bridgehead atoms. The van der Waals surface area contributed by atoms with Gasteiger partial charge in [0.1, 0.15) is 5.75 Å². The number of nitrogens with one attached hydrogen (secondary N) is 1. The molecule has 1 aliphatic heterocycles. The predicted molar refractivity (Wildman–Crippen MR) is 89.9 cm³/mol. The van der Waals surface area contributed by atoms with Crippen LogP contribution in [0.3, 0.4) is 0 Å². The van der Waals surface area contributed by atoms with Crippen LogP contribution in [0.4, 0.5) is 18.9 Å². The SMILES string of the molecule is O=C(CN1CCc2sccc2C1)Nc1ccccc1OCC(F)(F)F. The summed E-state index contributed by atoms with van der Waals surface area (Å²) >= 11 is 1.72. The highest BCUT2D eigenvalue weighted by Gasteiger charge is 2.29. The van der Waals surface area contributed by atoms with Crippen molar-refractivity contribution in [2.24, 2.45) is 0 Å². The number of fused-ring (bicyclic) bond motifs is 1. The van der Waals surface area contributed by atoms with Gasteiger partial charge in [0, 0.05) is 18.0 Å². The standard InChI is InChI=1S/C17H17F3N2O2S/c18-17(19,20)11-24-14-4-2-1-3-13(14)21-16(23)10-22-7-5-15-12(9-22)6-8-25-15/h1-4,6,8H,5,7,9-11H2,(H,21,23). The summed E-state index contributed by atoms with van der Waals surface area (Å²) in [5.74, 6) is -0.270. The van der Waals surface area contributed by atoms with Gasteiger partial charge >= 0.3 is 6.18 Å². The number of halogens is 3. The van der Waals surface area contributed by atoms with E-state index in [1.54, 1.807) is 23.5 Å². The third kappa shape index (κ3) is 4.96. The second kappa shape index (κ2) is 7.45. The van der Waals surface area contributed by atoms with Crippen molar-refractivity contribution in [1.82, 2.24) is 4.90 Å². The van der Waals surface area contributed by atoms with Gasteiger partial charge in [0.25, 0.3) is 0 Å². The van der Waals surface area contributed by atoms with Crippen molar-refractivity contribution >= 4 is 22.9 Å². The summed E-state index contributed by atoms with van der Waals surface area (Å²) < 4.78 is 41.7. The summed E-state index contributed by atoms with van der Waals surface area (Å²) in [7, 11) is 0. The number of alkyl halides is 3. The number of rotatable bonds is 5. The Morgan fingerprint density at radius 3 is 2.88 bits per heavy atom. The Bertz CT molecular complexity index is 745. The summed E-state index contributed by atoms with van der Waals surface area (Å²) in [6.07, 6.45) is -3.52. The molecule has 3 rings (SSSR count). The van der Waals surface area contributed by atoms with Crippen LogP contribution >= 0.6 is 11.3 Å². The maximum absolute atomic E-state index is 12.3. The first kappa shape index (κ1) is 17.8. The van der Waals surface area contributed by atoms with E-state index < -0.39 is 12.8 Å². The number of hydrogen-bond acceptors (Lipinski definition) is 4. The van der Waals surface area contributed by atoms with Crippen LogP contribution in [0.15, 0.2) is 35.7 Å². The molecule has 25 heavy (non-hydrogen) atoms. The third-order valence-corrected chi connectivity index (χ3v) is 4.83. The first-order chi connectivity index (χ1) is 11.9. The van der Waals surface area contributed by atoms with Crippen molar-refractivity contribution in [2.75, 3.05) is 25.0 Å². The van der Waals surface area contributed by atoms with E-state index in [1.807, 2.05) is 10.3 Å². The van der Waals surface area contributed by atoms with Crippen LogP contribution in [0.2, 0.25) is 0 Å². The van der Waals surface area contributed by atoms with E-state index in [0.29, 0.717) is 6.54 Å². The number of carbonyl (C=O) groups is 1. The van der Waals surface area contributed by atoms with E-state index in [9.17, 15) is 18.0 Å². The molecule has 0 unspecified atom stereocenters. The average molecular weight is 370 g/mol. The van der Waals surface area contributed by atoms with Crippen LogP contribution in [0.25, 0.3) is 0 Å². The van der Waals surface area contributed by atoms with Crippen LogP contribution in [0.1, 0.15) is 10.4 Å². The van der Waals surface area contributed by atoms with Crippen molar-refractivity contribution in [3.63, 3.8) is 0 Å². The minimum Gasteiger partial charge on any atom is -0.482 e. The second-order valence-corrected chi connectivity index (χ2v) is 6.78. The molecule has 0 saturated heterocycles. The normalized spacial score (nSPS) is 14.8. The van der Waals surface area contributed by atoms with Crippen molar-refractivity contribution in [3.8, 4) is 5.75 Å². The zero-order valence-electron chi connectivity index (χ0n) is 13.3. The summed E-state index contributed by atoms with van der Waals surface area (Å²) in [6.45, 7) is 0.279. The first-order valence-electron chi connectivity index (χ1n) is 7.77. The molecule has 1 aromatic carbocycles. The maximum Gasteiger partial charge on any atom is 0.422 e. The van der Waals surface area contributed by atoms with Crippen LogP contribution < -0.4 is 10.1 Å². The molecule has 1 amide bonds. The zero-order chi connectivity index (χ0) is 17.9. The minimum atomic E-state index is -4.43. The molecule has 2 heterocycles. The Balaban J connectivity index is 1.58. The van der Waals surface area contributed by atoms with Gasteiger partial charge in [0.2, 0.25) is 5.91 Å². The van der Waals surface area contributed by atoms with Crippen molar-refractivity contribution < 1.29 is 22.7 Å². The lowest BCUT2D eigenvalue weighted by atomic mass is 10.1. The lowest BCUT2D eigenvalue weighted by Gasteiger charge is -2.26. The number of carbonyl (C=O) groups excluding carboxylic acids is 1. The Morgan fingerprint density at radius 1 is 1.28 bits per heavy atom. The Hall–Kier alpha value is -2.06. The maximum atomic E-state index is 12.3. The molecule has 0 saturated carbocycles. The molecular formula is C17H17F3N2O2S. The fourth-order valence-electron chi connectivity index (χ4n) is 2.69. The number of anilines is 1. The van der Waals surface area contributed by atoms with Crippen molar-refractivity contribution in [2.45, 2.75) is 19.1 Å².